The lowest BCUT2D eigenvalue weighted by molar-refractivity contribution is -0.0146. The van der Waals surface area contributed by atoms with Crippen LogP contribution in [-0.4, -0.2) is 17.6 Å². The van der Waals surface area contributed by atoms with Gasteiger partial charge in [0, 0.05) is 0 Å². The number of alkyl halides is 2. The summed E-state index contributed by atoms with van der Waals surface area (Å²) in [6.07, 6.45) is 1.37. The van der Waals surface area contributed by atoms with E-state index in [4.69, 9.17) is 5.11 Å². The molecule has 0 saturated heterocycles. The molecule has 0 fully saturated rings. The number of aliphatic hydroxyl groups is 1. The van der Waals surface area contributed by atoms with Gasteiger partial charge in [0.1, 0.15) is 6.61 Å². The monoisotopic (exact) mass is 198 g/mol. The van der Waals surface area contributed by atoms with Crippen LogP contribution in [0, 0.1) is 0 Å². The second-order valence-electron chi connectivity index (χ2n) is 3.10. The van der Waals surface area contributed by atoms with Gasteiger partial charge in [0.05, 0.1) is 0 Å². The van der Waals surface area contributed by atoms with Crippen molar-refractivity contribution in [2.75, 3.05) is 6.61 Å². The lowest BCUT2D eigenvalue weighted by atomic mass is 10.1. The Morgan fingerprint density at radius 2 is 1.93 bits per heavy atom. The van der Waals surface area contributed by atoms with Crippen LogP contribution in [0.2, 0.25) is 0 Å². The van der Waals surface area contributed by atoms with E-state index in [9.17, 15) is 8.78 Å². The molecule has 0 aliphatic carbocycles. The molecule has 1 aromatic rings. The highest BCUT2D eigenvalue weighted by molar-refractivity contribution is 5.53. The fourth-order valence-electron chi connectivity index (χ4n) is 1.03. The quantitative estimate of drug-likeness (QED) is 0.791. The molecule has 1 nitrogen and oxygen atoms in total. The molecule has 0 spiro atoms. The molecule has 14 heavy (non-hydrogen) atoms. The van der Waals surface area contributed by atoms with Gasteiger partial charge in [-0.15, -0.1) is 0 Å². The summed E-state index contributed by atoms with van der Waals surface area (Å²) >= 11 is 0. The molecule has 0 radical (unpaired) electrons. The van der Waals surface area contributed by atoms with Gasteiger partial charge in [0.15, 0.2) is 0 Å². The van der Waals surface area contributed by atoms with Crippen LogP contribution in [0.4, 0.5) is 8.78 Å². The van der Waals surface area contributed by atoms with Gasteiger partial charge in [-0.05, 0) is 18.1 Å². The highest BCUT2D eigenvalue weighted by Crippen LogP contribution is 2.24. The van der Waals surface area contributed by atoms with Crippen molar-refractivity contribution in [1.29, 1.82) is 0 Å². The van der Waals surface area contributed by atoms with Crippen molar-refractivity contribution in [1.82, 2.24) is 0 Å². The van der Waals surface area contributed by atoms with Crippen LogP contribution >= 0.6 is 0 Å². The number of hydrogen-bond donors (Lipinski definition) is 1. The maximum atomic E-state index is 12.9. The summed E-state index contributed by atoms with van der Waals surface area (Å²) in [5, 5.41) is 8.45. The molecule has 1 N–H and O–H groups in total. The molecule has 0 bridgehead atoms. The molecule has 0 unspecified atom stereocenters. The largest absolute Gasteiger partial charge is 0.390 e. The number of halogens is 2. The van der Waals surface area contributed by atoms with E-state index in [2.05, 4.69) is 0 Å². The Kier molecular flexibility index (Phi) is 3.36. The summed E-state index contributed by atoms with van der Waals surface area (Å²) in [5.74, 6) is -3.13. The summed E-state index contributed by atoms with van der Waals surface area (Å²) in [5.41, 5.74) is 0.573. The minimum atomic E-state index is -3.13. The highest BCUT2D eigenvalue weighted by Gasteiger charge is 2.29. The maximum Gasteiger partial charge on any atom is 0.291 e. The molecule has 1 rings (SSSR count). The van der Waals surface area contributed by atoms with Gasteiger partial charge in [-0.1, -0.05) is 36.4 Å². The van der Waals surface area contributed by atoms with Crippen molar-refractivity contribution in [3.05, 3.63) is 41.5 Å². The number of rotatable bonds is 3. The zero-order chi connectivity index (χ0) is 10.6. The normalized spacial score (nSPS) is 13.0. The Labute approximate surface area is 81.7 Å². The van der Waals surface area contributed by atoms with Gasteiger partial charge in [0.25, 0.3) is 5.92 Å². The number of aliphatic hydroxyl groups excluding tert-OH is 1. The van der Waals surface area contributed by atoms with Crippen molar-refractivity contribution in [2.24, 2.45) is 0 Å². The van der Waals surface area contributed by atoms with Crippen molar-refractivity contribution in [3.8, 4) is 0 Å². The van der Waals surface area contributed by atoms with Crippen LogP contribution in [-0.2, 0) is 0 Å². The minimum absolute atomic E-state index is 0.133. The third-order valence-electron chi connectivity index (χ3n) is 1.96. The summed E-state index contributed by atoms with van der Waals surface area (Å²) < 4.78 is 25.8. The number of hydrogen-bond acceptors (Lipinski definition) is 1. The highest BCUT2D eigenvalue weighted by atomic mass is 19.3. The van der Waals surface area contributed by atoms with E-state index in [1.807, 2.05) is 6.07 Å². The van der Waals surface area contributed by atoms with Crippen molar-refractivity contribution < 1.29 is 13.9 Å². The number of benzene rings is 1. The first-order valence-corrected chi connectivity index (χ1v) is 4.29. The van der Waals surface area contributed by atoms with Gasteiger partial charge in [-0.3, -0.25) is 0 Å². The predicted molar refractivity (Wildman–Crippen MR) is 52.1 cm³/mol. The summed E-state index contributed by atoms with van der Waals surface area (Å²) in [4.78, 5) is 0. The van der Waals surface area contributed by atoms with Crippen molar-refractivity contribution in [3.63, 3.8) is 0 Å². The van der Waals surface area contributed by atoms with E-state index >= 15 is 0 Å². The van der Waals surface area contributed by atoms with Crippen molar-refractivity contribution >= 4 is 6.08 Å². The zero-order valence-electron chi connectivity index (χ0n) is 7.87. The fraction of sp³-hybridized carbons (Fsp3) is 0.273. The molecule has 0 atom stereocenters. The molecule has 76 valence electrons. The average molecular weight is 198 g/mol. The van der Waals surface area contributed by atoms with Crippen LogP contribution in [0.25, 0.3) is 6.08 Å². The van der Waals surface area contributed by atoms with Crippen LogP contribution in [0.15, 0.2) is 35.9 Å². The first-order chi connectivity index (χ1) is 6.56. The van der Waals surface area contributed by atoms with E-state index < -0.39 is 12.5 Å². The fourth-order valence-corrected chi connectivity index (χ4v) is 1.03. The molecule has 0 heterocycles. The molecule has 1 aromatic carbocycles. The summed E-state index contributed by atoms with van der Waals surface area (Å²) in [6.45, 7) is 0.158. The third kappa shape index (κ3) is 2.64. The van der Waals surface area contributed by atoms with E-state index in [1.165, 1.54) is 13.0 Å². The van der Waals surface area contributed by atoms with E-state index in [0.717, 1.165) is 0 Å². The molecular weight excluding hydrogens is 186 g/mol. The molecular formula is C11H12F2O. The summed E-state index contributed by atoms with van der Waals surface area (Å²) in [7, 11) is 0. The van der Waals surface area contributed by atoms with Crippen molar-refractivity contribution in [2.45, 2.75) is 12.8 Å². The lowest BCUT2D eigenvalue weighted by Crippen LogP contribution is -2.22. The third-order valence-corrected chi connectivity index (χ3v) is 1.96. The van der Waals surface area contributed by atoms with Gasteiger partial charge < -0.3 is 5.11 Å². The zero-order valence-corrected chi connectivity index (χ0v) is 7.87. The topological polar surface area (TPSA) is 20.2 Å². The van der Waals surface area contributed by atoms with E-state index in [1.54, 1.807) is 24.3 Å². The summed E-state index contributed by atoms with van der Waals surface area (Å²) in [6, 6.07) is 8.83. The van der Waals surface area contributed by atoms with Gasteiger partial charge in [0.2, 0.25) is 0 Å². The first kappa shape index (κ1) is 10.9. The smallest absolute Gasteiger partial charge is 0.291 e. The average Bonchev–Trinajstić information content (AvgIpc) is 2.19. The Bertz CT molecular complexity index is 317. The van der Waals surface area contributed by atoms with Crippen LogP contribution < -0.4 is 0 Å². The van der Waals surface area contributed by atoms with E-state index in [-0.39, 0.29) is 5.57 Å². The van der Waals surface area contributed by atoms with E-state index in [0.29, 0.717) is 5.56 Å². The predicted octanol–water partition coefficient (Wildman–Crippen LogP) is 2.72. The van der Waals surface area contributed by atoms with Crippen LogP contribution in [0.3, 0.4) is 0 Å². The van der Waals surface area contributed by atoms with Gasteiger partial charge >= 0.3 is 0 Å². The molecule has 0 aromatic heterocycles. The SMILES string of the molecule is C/C(=C\c1ccccc1)C(F)(F)CO. The Balaban J connectivity index is 2.89. The Hall–Kier alpha value is -1.22. The lowest BCUT2D eigenvalue weighted by Gasteiger charge is -2.13. The molecule has 0 aliphatic rings. The Morgan fingerprint density at radius 1 is 1.36 bits per heavy atom. The first-order valence-electron chi connectivity index (χ1n) is 4.29. The van der Waals surface area contributed by atoms with Gasteiger partial charge in [-0.2, -0.15) is 8.78 Å². The molecule has 0 aliphatic heterocycles. The molecule has 0 amide bonds. The molecule has 0 saturated carbocycles. The minimum Gasteiger partial charge on any atom is -0.390 e. The second-order valence-corrected chi connectivity index (χ2v) is 3.10. The standard InChI is InChI=1S/C11H12F2O/c1-9(11(12,13)8-14)7-10-5-3-2-4-6-10/h2-7,14H,8H2,1H3/b9-7+. The second kappa shape index (κ2) is 4.33. The van der Waals surface area contributed by atoms with Crippen LogP contribution in [0.1, 0.15) is 12.5 Å². The Morgan fingerprint density at radius 3 is 2.43 bits per heavy atom. The maximum absolute atomic E-state index is 12.9. The van der Waals surface area contributed by atoms with Gasteiger partial charge in [-0.25, -0.2) is 0 Å². The van der Waals surface area contributed by atoms with Crippen LogP contribution in [0.5, 0.6) is 0 Å². The molecule has 3 heteroatoms.